The molecule has 9 heteroatoms. The molecule has 3 N–H and O–H groups in total. The van der Waals surface area contributed by atoms with Crippen LogP contribution >= 0.6 is 15.9 Å². The van der Waals surface area contributed by atoms with Crippen LogP contribution in [0.2, 0.25) is 0 Å². The Bertz CT molecular complexity index is 698. The van der Waals surface area contributed by atoms with E-state index in [0.717, 1.165) is 0 Å². The molecule has 102 valence electrons. The molecule has 0 radical (unpaired) electrons. The quantitative estimate of drug-likeness (QED) is 0.872. The molecule has 0 fully saturated rings. The average molecular weight is 346 g/mol. The van der Waals surface area contributed by atoms with Crippen LogP contribution in [0.25, 0.3) is 0 Å². The van der Waals surface area contributed by atoms with Crippen molar-refractivity contribution in [2.45, 2.75) is 18.4 Å². The highest BCUT2D eigenvalue weighted by atomic mass is 79.9. The molecule has 0 saturated heterocycles. The SMILES string of the molecule is CCn1cc(S(=O)(=O)Nc2ccncc2Br)c(N)n1. The summed E-state index contributed by atoms with van der Waals surface area (Å²) in [5.74, 6) is -0.0282. The lowest BCUT2D eigenvalue weighted by molar-refractivity contribution is 0.600. The van der Waals surface area contributed by atoms with E-state index >= 15 is 0 Å². The highest BCUT2D eigenvalue weighted by Crippen LogP contribution is 2.25. The fourth-order valence-electron chi connectivity index (χ4n) is 1.44. The van der Waals surface area contributed by atoms with Gasteiger partial charge in [-0.2, -0.15) is 5.10 Å². The second-order valence-electron chi connectivity index (χ2n) is 3.70. The monoisotopic (exact) mass is 345 g/mol. The van der Waals surface area contributed by atoms with Crippen molar-refractivity contribution in [3.8, 4) is 0 Å². The molecule has 0 spiro atoms. The summed E-state index contributed by atoms with van der Waals surface area (Å²) in [6.45, 7) is 2.38. The molecular formula is C10H12BrN5O2S. The molecule has 7 nitrogen and oxygen atoms in total. The minimum atomic E-state index is -3.77. The van der Waals surface area contributed by atoms with Crippen molar-refractivity contribution in [3.63, 3.8) is 0 Å². The molecule has 2 rings (SSSR count). The molecule has 0 saturated carbocycles. The third-order valence-electron chi connectivity index (χ3n) is 2.39. The summed E-state index contributed by atoms with van der Waals surface area (Å²) in [5.41, 5.74) is 6.01. The molecule has 0 bridgehead atoms. The van der Waals surface area contributed by atoms with Crippen LogP contribution in [0.3, 0.4) is 0 Å². The van der Waals surface area contributed by atoms with Crippen molar-refractivity contribution >= 4 is 37.5 Å². The van der Waals surface area contributed by atoms with Crippen LogP contribution in [0.15, 0.2) is 34.0 Å². The molecule has 2 heterocycles. The Balaban J connectivity index is 2.38. The summed E-state index contributed by atoms with van der Waals surface area (Å²) in [5, 5.41) is 3.91. The average Bonchev–Trinajstić information content (AvgIpc) is 2.74. The molecule has 19 heavy (non-hydrogen) atoms. The van der Waals surface area contributed by atoms with Crippen molar-refractivity contribution in [2.75, 3.05) is 10.5 Å². The number of nitrogens with zero attached hydrogens (tertiary/aromatic N) is 3. The summed E-state index contributed by atoms with van der Waals surface area (Å²) < 4.78 is 28.9. The van der Waals surface area contributed by atoms with Gasteiger partial charge < -0.3 is 5.73 Å². The standard InChI is InChI=1S/C10H12BrN5O2S/c1-2-16-6-9(10(12)14-16)19(17,18)15-8-3-4-13-5-7(8)11/h3-6H,2H2,1H3,(H2,12,14)(H,13,15). The minimum absolute atomic E-state index is 0.0282. The Morgan fingerprint density at radius 2 is 2.26 bits per heavy atom. The fourth-order valence-corrected chi connectivity index (χ4v) is 3.08. The van der Waals surface area contributed by atoms with Gasteiger partial charge in [-0.3, -0.25) is 14.4 Å². The zero-order valence-corrected chi connectivity index (χ0v) is 12.4. The topological polar surface area (TPSA) is 103 Å². The zero-order valence-electron chi connectivity index (χ0n) is 10.0. The molecule has 0 aliphatic rings. The lowest BCUT2D eigenvalue weighted by Crippen LogP contribution is -2.14. The number of nitrogens with one attached hydrogen (secondary N) is 1. The number of aryl methyl sites for hydroxylation is 1. The van der Waals surface area contributed by atoms with Crippen LogP contribution in [0.5, 0.6) is 0 Å². The van der Waals surface area contributed by atoms with Crippen LogP contribution in [0.1, 0.15) is 6.92 Å². The van der Waals surface area contributed by atoms with Crippen molar-refractivity contribution in [1.29, 1.82) is 0 Å². The Morgan fingerprint density at radius 1 is 1.53 bits per heavy atom. The first kappa shape index (κ1) is 13.8. The number of halogens is 1. The van der Waals surface area contributed by atoms with Crippen LogP contribution in [0.4, 0.5) is 11.5 Å². The second kappa shape index (κ2) is 5.17. The number of nitrogens with two attached hydrogens (primary N) is 1. The Kier molecular flexibility index (Phi) is 3.76. The van der Waals surface area contributed by atoms with Gasteiger partial charge in [-0.1, -0.05) is 0 Å². The highest BCUT2D eigenvalue weighted by molar-refractivity contribution is 9.10. The number of sulfonamides is 1. The van der Waals surface area contributed by atoms with Crippen molar-refractivity contribution in [3.05, 3.63) is 29.1 Å². The summed E-state index contributed by atoms with van der Waals surface area (Å²) in [7, 11) is -3.77. The van der Waals surface area contributed by atoms with E-state index in [2.05, 4.69) is 30.7 Å². The van der Waals surface area contributed by atoms with Gasteiger partial charge in [0, 0.05) is 25.1 Å². The Labute approximate surface area is 119 Å². The van der Waals surface area contributed by atoms with Crippen LogP contribution in [0, 0.1) is 0 Å². The number of rotatable bonds is 4. The van der Waals surface area contributed by atoms with Crippen LogP contribution in [-0.2, 0) is 16.6 Å². The third-order valence-corrected chi connectivity index (χ3v) is 4.40. The van der Waals surface area contributed by atoms with Crippen molar-refractivity contribution < 1.29 is 8.42 Å². The maximum absolute atomic E-state index is 12.2. The molecular weight excluding hydrogens is 334 g/mol. The minimum Gasteiger partial charge on any atom is -0.381 e. The molecule has 0 amide bonds. The summed E-state index contributed by atoms with van der Waals surface area (Å²) >= 11 is 3.22. The summed E-state index contributed by atoms with van der Waals surface area (Å²) in [4.78, 5) is 3.82. The van der Waals surface area contributed by atoms with Gasteiger partial charge >= 0.3 is 0 Å². The van der Waals surface area contributed by atoms with E-state index in [0.29, 0.717) is 16.7 Å². The van der Waals surface area contributed by atoms with Gasteiger partial charge in [-0.25, -0.2) is 8.42 Å². The maximum Gasteiger partial charge on any atom is 0.267 e. The van der Waals surface area contributed by atoms with Gasteiger partial charge in [-0.15, -0.1) is 0 Å². The number of nitrogen functional groups attached to an aromatic ring is 1. The summed E-state index contributed by atoms with van der Waals surface area (Å²) in [6, 6.07) is 1.54. The number of aromatic nitrogens is 3. The number of hydrogen-bond donors (Lipinski definition) is 2. The van der Waals surface area contributed by atoms with Gasteiger partial charge in [0.05, 0.1) is 10.2 Å². The first-order valence-corrected chi connectivity index (χ1v) is 7.67. The third kappa shape index (κ3) is 2.87. The molecule has 0 unspecified atom stereocenters. The van der Waals surface area contributed by atoms with Gasteiger partial charge in [0.25, 0.3) is 10.0 Å². The number of anilines is 2. The van der Waals surface area contributed by atoms with E-state index in [9.17, 15) is 8.42 Å². The van der Waals surface area contributed by atoms with E-state index in [4.69, 9.17) is 5.73 Å². The number of hydrogen-bond acceptors (Lipinski definition) is 5. The van der Waals surface area contributed by atoms with E-state index in [1.54, 1.807) is 6.07 Å². The van der Waals surface area contributed by atoms with Crippen molar-refractivity contribution in [1.82, 2.24) is 14.8 Å². The predicted octanol–water partition coefficient (Wildman–Crippen LogP) is 1.44. The van der Waals surface area contributed by atoms with E-state index in [1.807, 2.05) is 6.92 Å². The molecule has 0 aliphatic carbocycles. The number of pyridine rings is 1. The van der Waals surface area contributed by atoms with Gasteiger partial charge in [0.1, 0.15) is 4.90 Å². The van der Waals surface area contributed by atoms with E-state index in [-0.39, 0.29) is 10.7 Å². The normalized spacial score (nSPS) is 11.5. The smallest absolute Gasteiger partial charge is 0.267 e. The maximum atomic E-state index is 12.2. The first-order valence-electron chi connectivity index (χ1n) is 5.39. The Morgan fingerprint density at radius 3 is 2.84 bits per heavy atom. The lowest BCUT2D eigenvalue weighted by atomic mass is 10.4. The van der Waals surface area contributed by atoms with E-state index < -0.39 is 10.0 Å². The highest BCUT2D eigenvalue weighted by Gasteiger charge is 2.21. The van der Waals surface area contributed by atoms with E-state index in [1.165, 1.54) is 23.3 Å². The lowest BCUT2D eigenvalue weighted by Gasteiger charge is -2.07. The first-order chi connectivity index (χ1) is 8.94. The molecule has 0 aliphatic heterocycles. The molecule has 0 aromatic carbocycles. The molecule has 2 aromatic heterocycles. The Hall–Kier alpha value is -1.61. The summed E-state index contributed by atoms with van der Waals surface area (Å²) in [6.07, 6.45) is 4.38. The molecule has 0 atom stereocenters. The van der Waals surface area contributed by atoms with Crippen molar-refractivity contribution in [2.24, 2.45) is 0 Å². The fraction of sp³-hybridized carbons (Fsp3) is 0.200. The van der Waals surface area contributed by atoms with Gasteiger partial charge in [0.2, 0.25) is 0 Å². The van der Waals surface area contributed by atoms with Gasteiger partial charge in [-0.05, 0) is 28.9 Å². The van der Waals surface area contributed by atoms with Crippen LogP contribution < -0.4 is 10.5 Å². The van der Waals surface area contributed by atoms with Gasteiger partial charge in [0.15, 0.2) is 5.82 Å². The predicted molar refractivity (Wildman–Crippen MR) is 75.1 cm³/mol. The molecule has 2 aromatic rings. The van der Waals surface area contributed by atoms with Crippen LogP contribution in [-0.4, -0.2) is 23.2 Å². The second-order valence-corrected chi connectivity index (χ2v) is 6.20. The zero-order chi connectivity index (χ0) is 14.0. The largest absolute Gasteiger partial charge is 0.381 e.